The predicted molar refractivity (Wildman–Crippen MR) is 61.9 cm³/mol. The average Bonchev–Trinajstić information content (AvgIpc) is 2.24. The van der Waals surface area contributed by atoms with Gasteiger partial charge in [-0.05, 0) is 19.8 Å². The first-order chi connectivity index (χ1) is 7.43. The molecule has 0 spiro atoms. The number of methoxy groups -OCH3 is 1. The minimum Gasteiger partial charge on any atom is -0.468 e. The summed E-state index contributed by atoms with van der Waals surface area (Å²) in [5.74, 6) is -0.382. The second-order valence-electron chi connectivity index (χ2n) is 4.03. The average molecular weight is 230 g/mol. The van der Waals surface area contributed by atoms with Crippen LogP contribution in [-0.4, -0.2) is 37.6 Å². The highest BCUT2D eigenvalue weighted by molar-refractivity contribution is 5.83. The Balaban J connectivity index is 4.40. The molecule has 0 heterocycles. The van der Waals surface area contributed by atoms with Crippen molar-refractivity contribution in [1.82, 2.24) is 10.6 Å². The first-order valence-electron chi connectivity index (χ1n) is 5.55. The molecule has 0 rings (SSSR count). The van der Waals surface area contributed by atoms with Crippen LogP contribution in [0.1, 0.15) is 27.7 Å². The lowest BCUT2D eigenvalue weighted by Crippen LogP contribution is -2.51. The molecule has 2 atom stereocenters. The Bertz CT molecular complexity index is 241. The molecule has 0 aromatic rings. The standard InChI is InChI=1S/C11H22N2O3/c1-6-12-10(14)8(4)13-9(7(2)3)11(15)16-5/h7-9,13H,6H2,1-5H3,(H,12,14). The second kappa shape index (κ2) is 7.22. The highest BCUT2D eigenvalue weighted by Gasteiger charge is 2.26. The molecule has 2 N–H and O–H groups in total. The summed E-state index contributed by atoms with van der Waals surface area (Å²) in [6.45, 7) is 7.96. The third kappa shape index (κ3) is 4.61. The third-order valence-electron chi connectivity index (χ3n) is 2.30. The molecule has 16 heavy (non-hydrogen) atoms. The Morgan fingerprint density at radius 1 is 1.25 bits per heavy atom. The molecule has 0 aromatic heterocycles. The monoisotopic (exact) mass is 230 g/mol. The molecule has 2 unspecified atom stereocenters. The fourth-order valence-corrected chi connectivity index (χ4v) is 1.33. The number of likely N-dealkylation sites (N-methyl/N-ethyl adjacent to an activating group) is 1. The van der Waals surface area contributed by atoms with Crippen molar-refractivity contribution in [2.75, 3.05) is 13.7 Å². The maximum Gasteiger partial charge on any atom is 0.323 e. The van der Waals surface area contributed by atoms with Crippen molar-refractivity contribution in [2.45, 2.75) is 39.8 Å². The Labute approximate surface area is 96.9 Å². The topological polar surface area (TPSA) is 67.4 Å². The first-order valence-corrected chi connectivity index (χ1v) is 5.55. The lowest BCUT2D eigenvalue weighted by Gasteiger charge is -2.23. The molecule has 5 nitrogen and oxygen atoms in total. The summed E-state index contributed by atoms with van der Waals surface area (Å²) in [6, 6.07) is -0.867. The summed E-state index contributed by atoms with van der Waals surface area (Å²) in [7, 11) is 1.34. The molecule has 0 saturated carbocycles. The Hall–Kier alpha value is -1.10. The summed E-state index contributed by atoms with van der Waals surface area (Å²) in [5, 5.41) is 5.66. The van der Waals surface area contributed by atoms with Crippen LogP contribution >= 0.6 is 0 Å². The molecule has 0 radical (unpaired) electrons. The molecular weight excluding hydrogens is 208 g/mol. The van der Waals surface area contributed by atoms with Crippen LogP contribution in [0.15, 0.2) is 0 Å². The number of hydrogen-bond acceptors (Lipinski definition) is 4. The van der Waals surface area contributed by atoms with E-state index in [1.807, 2.05) is 20.8 Å². The van der Waals surface area contributed by atoms with Crippen LogP contribution in [0, 0.1) is 5.92 Å². The van der Waals surface area contributed by atoms with Crippen LogP contribution in [0.3, 0.4) is 0 Å². The van der Waals surface area contributed by atoms with Crippen LogP contribution in [0.4, 0.5) is 0 Å². The zero-order chi connectivity index (χ0) is 12.7. The van der Waals surface area contributed by atoms with Crippen molar-refractivity contribution in [3.8, 4) is 0 Å². The summed E-state index contributed by atoms with van der Waals surface area (Å²) in [6.07, 6.45) is 0. The number of nitrogens with one attached hydrogen (secondary N) is 2. The fourth-order valence-electron chi connectivity index (χ4n) is 1.33. The molecule has 0 fully saturated rings. The zero-order valence-corrected chi connectivity index (χ0v) is 10.7. The third-order valence-corrected chi connectivity index (χ3v) is 2.30. The number of carbonyl (C=O) groups is 2. The van der Waals surface area contributed by atoms with Gasteiger partial charge in [0.1, 0.15) is 6.04 Å². The van der Waals surface area contributed by atoms with Crippen molar-refractivity contribution >= 4 is 11.9 Å². The molecule has 94 valence electrons. The van der Waals surface area contributed by atoms with Crippen molar-refractivity contribution in [1.29, 1.82) is 0 Å². The van der Waals surface area contributed by atoms with E-state index in [1.54, 1.807) is 6.92 Å². The molecule has 1 amide bonds. The van der Waals surface area contributed by atoms with Gasteiger partial charge in [-0.1, -0.05) is 13.8 Å². The fraction of sp³-hybridized carbons (Fsp3) is 0.818. The SMILES string of the molecule is CCNC(=O)C(C)NC(C(=O)OC)C(C)C. The van der Waals surface area contributed by atoms with Gasteiger partial charge in [-0.3, -0.25) is 14.9 Å². The van der Waals surface area contributed by atoms with Crippen LogP contribution in [0.25, 0.3) is 0 Å². The van der Waals surface area contributed by atoms with Crippen LogP contribution in [-0.2, 0) is 14.3 Å². The molecule has 0 saturated heterocycles. The quantitative estimate of drug-likeness (QED) is 0.644. The minimum atomic E-state index is -0.456. The van der Waals surface area contributed by atoms with Crippen LogP contribution in [0.2, 0.25) is 0 Å². The Morgan fingerprint density at radius 3 is 2.19 bits per heavy atom. The van der Waals surface area contributed by atoms with Gasteiger partial charge < -0.3 is 10.1 Å². The van der Waals surface area contributed by atoms with Gasteiger partial charge >= 0.3 is 5.97 Å². The van der Waals surface area contributed by atoms with Gasteiger partial charge in [-0.25, -0.2) is 0 Å². The number of carbonyl (C=O) groups excluding carboxylic acids is 2. The van der Waals surface area contributed by atoms with Gasteiger partial charge in [0.15, 0.2) is 0 Å². The van der Waals surface area contributed by atoms with Gasteiger partial charge in [-0.15, -0.1) is 0 Å². The molecule has 0 aliphatic heterocycles. The lowest BCUT2D eigenvalue weighted by molar-refractivity contribution is -0.144. The molecular formula is C11H22N2O3. The summed E-state index contributed by atoms with van der Waals surface area (Å²) in [4.78, 5) is 22.9. The normalized spacial score (nSPS) is 14.4. The van der Waals surface area contributed by atoms with E-state index < -0.39 is 12.1 Å². The molecule has 5 heteroatoms. The zero-order valence-electron chi connectivity index (χ0n) is 10.7. The smallest absolute Gasteiger partial charge is 0.323 e. The molecule has 0 aliphatic rings. The van der Waals surface area contributed by atoms with E-state index in [9.17, 15) is 9.59 Å². The first kappa shape index (κ1) is 14.9. The van der Waals surface area contributed by atoms with Crippen LogP contribution in [0.5, 0.6) is 0 Å². The van der Waals surface area contributed by atoms with E-state index in [0.29, 0.717) is 6.54 Å². The van der Waals surface area contributed by atoms with E-state index in [2.05, 4.69) is 15.4 Å². The molecule has 0 aliphatic carbocycles. The lowest BCUT2D eigenvalue weighted by atomic mass is 10.0. The Kier molecular flexibility index (Phi) is 6.72. The van der Waals surface area contributed by atoms with E-state index in [1.165, 1.54) is 7.11 Å². The van der Waals surface area contributed by atoms with Gasteiger partial charge in [0, 0.05) is 6.54 Å². The van der Waals surface area contributed by atoms with E-state index in [0.717, 1.165) is 0 Å². The van der Waals surface area contributed by atoms with Crippen molar-refractivity contribution in [3.05, 3.63) is 0 Å². The number of amides is 1. The van der Waals surface area contributed by atoms with Crippen molar-refractivity contribution < 1.29 is 14.3 Å². The summed E-state index contributed by atoms with van der Waals surface area (Å²) >= 11 is 0. The number of ether oxygens (including phenoxy) is 1. The minimum absolute atomic E-state index is 0.0735. The molecule has 0 bridgehead atoms. The summed E-state index contributed by atoms with van der Waals surface area (Å²) < 4.78 is 4.68. The molecule has 0 aromatic carbocycles. The largest absolute Gasteiger partial charge is 0.468 e. The van der Waals surface area contributed by atoms with E-state index in [-0.39, 0.29) is 17.8 Å². The van der Waals surface area contributed by atoms with Crippen molar-refractivity contribution in [2.24, 2.45) is 5.92 Å². The second-order valence-corrected chi connectivity index (χ2v) is 4.03. The van der Waals surface area contributed by atoms with E-state index >= 15 is 0 Å². The van der Waals surface area contributed by atoms with Gasteiger partial charge in [0.25, 0.3) is 0 Å². The predicted octanol–water partition coefficient (Wildman–Crippen LogP) is 0.298. The highest BCUT2D eigenvalue weighted by Crippen LogP contribution is 2.04. The van der Waals surface area contributed by atoms with Gasteiger partial charge in [-0.2, -0.15) is 0 Å². The van der Waals surface area contributed by atoms with Gasteiger partial charge in [0.2, 0.25) is 5.91 Å². The summed E-state index contributed by atoms with van der Waals surface area (Å²) in [5.41, 5.74) is 0. The number of rotatable bonds is 6. The Morgan fingerprint density at radius 2 is 1.81 bits per heavy atom. The van der Waals surface area contributed by atoms with E-state index in [4.69, 9.17) is 0 Å². The maximum atomic E-state index is 11.5. The van der Waals surface area contributed by atoms with Gasteiger partial charge in [0.05, 0.1) is 13.2 Å². The maximum absolute atomic E-state index is 11.5. The van der Waals surface area contributed by atoms with Crippen molar-refractivity contribution in [3.63, 3.8) is 0 Å². The number of hydrogen-bond donors (Lipinski definition) is 2. The highest BCUT2D eigenvalue weighted by atomic mass is 16.5. The van der Waals surface area contributed by atoms with Crippen LogP contribution < -0.4 is 10.6 Å². The number of esters is 1.